The number of anilines is 2. The summed E-state index contributed by atoms with van der Waals surface area (Å²) in [6.07, 6.45) is 2.11. The molecule has 0 radical (unpaired) electrons. The van der Waals surface area contributed by atoms with Gasteiger partial charge in [0.25, 0.3) is 0 Å². The highest BCUT2D eigenvalue weighted by molar-refractivity contribution is 5.98. The Morgan fingerprint density at radius 1 is 1.03 bits per heavy atom. The van der Waals surface area contributed by atoms with Gasteiger partial charge in [0.15, 0.2) is 0 Å². The van der Waals surface area contributed by atoms with E-state index in [0.29, 0.717) is 23.4 Å². The van der Waals surface area contributed by atoms with Crippen molar-refractivity contribution in [3.05, 3.63) is 78.0 Å². The highest BCUT2D eigenvalue weighted by Crippen LogP contribution is 2.32. The van der Waals surface area contributed by atoms with E-state index >= 15 is 8.78 Å². The molecule has 1 amide bonds. The molecule has 0 unspecified atom stereocenters. The molecule has 5 rings (SSSR count). The minimum atomic E-state index is -0.677. The summed E-state index contributed by atoms with van der Waals surface area (Å²) >= 11 is 0. The van der Waals surface area contributed by atoms with Crippen molar-refractivity contribution in [1.82, 2.24) is 9.78 Å². The third-order valence-corrected chi connectivity index (χ3v) is 5.56. The van der Waals surface area contributed by atoms with Crippen LogP contribution in [0.15, 0.2) is 60.8 Å². The number of aromatic nitrogens is 2. The van der Waals surface area contributed by atoms with Gasteiger partial charge in [-0.25, -0.2) is 8.78 Å². The maximum atomic E-state index is 15.1. The summed E-state index contributed by atoms with van der Waals surface area (Å²) in [6, 6.07) is 15.4. The lowest BCUT2D eigenvalue weighted by atomic mass is 10.0. The van der Waals surface area contributed by atoms with Crippen molar-refractivity contribution in [3.8, 4) is 11.1 Å². The fourth-order valence-electron chi connectivity index (χ4n) is 4.01. The first-order valence-electron chi connectivity index (χ1n) is 10.0. The normalized spacial score (nSPS) is 13.8. The van der Waals surface area contributed by atoms with Crippen LogP contribution in [0.25, 0.3) is 22.0 Å². The third-order valence-electron chi connectivity index (χ3n) is 5.56. The summed E-state index contributed by atoms with van der Waals surface area (Å²) in [7, 11) is 1.82. The first kappa shape index (κ1) is 19.2. The second kappa shape index (κ2) is 7.50. The molecule has 0 fully saturated rings. The molecule has 3 aromatic carbocycles. The lowest BCUT2D eigenvalue weighted by Crippen LogP contribution is -2.30. The molecule has 0 spiro atoms. The fourth-order valence-corrected chi connectivity index (χ4v) is 4.01. The van der Waals surface area contributed by atoms with Crippen LogP contribution in [0.1, 0.15) is 12.0 Å². The molecule has 0 saturated heterocycles. The number of nitrogens with zero attached hydrogens (tertiary/aromatic N) is 3. The van der Waals surface area contributed by atoms with Crippen molar-refractivity contribution in [3.63, 3.8) is 0 Å². The zero-order valence-electron chi connectivity index (χ0n) is 16.9. The maximum Gasteiger partial charge on any atom is 0.229 e. The van der Waals surface area contributed by atoms with Crippen molar-refractivity contribution < 1.29 is 13.6 Å². The molecule has 1 N–H and O–H groups in total. The number of fused-ring (bicyclic) bond motifs is 2. The number of amides is 1. The number of carbonyl (C=O) groups excluding carboxylic acids is 1. The molecule has 2 heterocycles. The molecule has 1 aromatic heterocycles. The van der Waals surface area contributed by atoms with Crippen molar-refractivity contribution in [2.75, 3.05) is 16.8 Å². The molecule has 0 saturated carbocycles. The van der Waals surface area contributed by atoms with Gasteiger partial charge in [0.2, 0.25) is 5.91 Å². The van der Waals surface area contributed by atoms with E-state index in [1.54, 1.807) is 22.9 Å². The molecule has 1 aliphatic rings. The van der Waals surface area contributed by atoms with Crippen LogP contribution in [-0.2, 0) is 18.4 Å². The van der Waals surface area contributed by atoms with Gasteiger partial charge in [-0.2, -0.15) is 5.10 Å². The number of hydrogen-bond donors (Lipinski definition) is 1. The van der Waals surface area contributed by atoms with Crippen LogP contribution in [0, 0.1) is 11.6 Å². The summed E-state index contributed by atoms with van der Waals surface area (Å²) in [4.78, 5) is 14.1. The van der Waals surface area contributed by atoms with Gasteiger partial charge in [-0.1, -0.05) is 18.2 Å². The molecule has 31 heavy (non-hydrogen) atoms. The molecular weight excluding hydrogens is 398 g/mol. The van der Waals surface area contributed by atoms with E-state index in [1.807, 2.05) is 37.5 Å². The topological polar surface area (TPSA) is 50.2 Å². The van der Waals surface area contributed by atoms with Crippen LogP contribution in [-0.4, -0.2) is 22.2 Å². The van der Waals surface area contributed by atoms with Gasteiger partial charge < -0.3 is 10.2 Å². The predicted molar refractivity (Wildman–Crippen MR) is 117 cm³/mol. The second-order valence-electron chi connectivity index (χ2n) is 7.67. The van der Waals surface area contributed by atoms with Crippen LogP contribution in [0.4, 0.5) is 20.2 Å². The van der Waals surface area contributed by atoms with Crippen molar-refractivity contribution in [1.29, 1.82) is 0 Å². The molecule has 0 atom stereocenters. The average Bonchev–Trinajstić information content (AvgIpc) is 3.04. The number of hydrogen-bond acceptors (Lipinski definition) is 3. The van der Waals surface area contributed by atoms with E-state index in [9.17, 15) is 4.79 Å². The van der Waals surface area contributed by atoms with Crippen LogP contribution >= 0.6 is 0 Å². The Hall–Kier alpha value is -3.74. The lowest BCUT2D eigenvalue weighted by Gasteiger charge is -2.23. The van der Waals surface area contributed by atoms with Crippen molar-refractivity contribution in [2.24, 2.45) is 7.05 Å². The van der Waals surface area contributed by atoms with Gasteiger partial charge in [0.05, 0.1) is 23.4 Å². The van der Waals surface area contributed by atoms with E-state index in [0.717, 1.165) is 16.6 Å². The summed E-state index contributed by atoms with van der Waals surface area (Å²) in [5, 5.41) is 8.40. The zero-order chi connectivity index (χ0) is 21.5. The standard InChI is InChI=1S/C24H20F2N4O/c1-29-13-17-10-15(6-7-21(17)28-29)16-11-19(25)18(20(26)12-16)14-30-23-5-3-2-4-22(23)27-9-8-24(30)31/h2-7,10-13,27H,8-9,14H2,1H3. The van der Waals surface area contributed by atoms with Crippen LogP contribution < -0.4 is 10.2 Å². The summed E-state index contributed by atoms with van der Waals surface area (Å²) < 4.78 is 31.8. The van der Waals surface area contributed by atoms with Gasteiger partial charge in [-0.15, -0.1) is 0 Å². The Balaban J connectivity index is 1.51. The molecule has 0 aliphatic carbocycles. The molecule has 156 valence electrons. The Labute approximate surface area is 177 Å². The van der Waals surface area contributed by atoms with Gasteiger partial charge in [-0.05, 0) is 47.5 Å². The average molecular weight is 418 g/mol. The molecule has 1 aliphatic heterocycles. The number of carbonyl (C=O) groups is 1. The predicted octanol–water partition coefficient (Wildman–Crippen LogP) is 4.87. The van der Waals surface area contributed by atoms with E-state index < -0.39 is 11.6 Å². The van der Waals surface area contributed by atoms with Gasteiger partial charge in [0, 0.05) is 37.2 Å². The number of benzene rings is 3. The molecule has 4 aromatic rings. The summed E-state index contributed by atoms with van der Waals surface area (Å²) in [5.74, 6) is -1.53. The first-order chi connectivity index (χ1) is 15.0. The van der Waals surface area contributed by atoms with Gasteiger partial charge >= 0.3 is 0 Å². The minimum absolute atomic E-state index is 0.128. The van der Waals surface area contributed by atoms with Crippen molar-refractivity contribution in [2.45, 2.75) is 13.0 Å². The van der Waals surface area contributed by atoms with Gasteiger partial charge in [-0.3, -0.25) is 9.48 Å². The number of nitrogens with one attached hydrogen (secondary N) is 1. The lowest BCUT2D eigenvalue weighted by molar-refractivity contribution is -0.118. The SMILES string of the molecule is Cn1cc2cc(-c3cc(F)c(CN4C(=O)CCNc5ccccc54)c(F)c3)ccc2n1. The zero-order valence-corrected chi connectivity index (χ0v) is 16.9. The van der Waals surface area contributed by atoms with Gasteiger partial charge in [0.1, 0.15) is 11.6 Å². The number of aryl methyl sites for hydroxylation is 1. The Morgan fingerprint density at radius 3 is 2.61 bits per heavy atom. The largest absolute Gasteiger partial charge is 0.383 e. The Bertz CT molecular complexity index is 1290. The first-order valence-corrected chi connectivity index (χ1v) is 10.0. The summed E-state index contributed by atoms with van der Waals surface area (Å²) in [5.41, 5.74) is 3.22. The highest BCUT2D eigenvalue weighted by atomic mass is 19.1. The van der Waals surface area contributed by atoms with E-state index in [1.165, 1.54) is 17.0 Å². The van der Waals surface area contributed by atoms with Crippen LogP contribution in [0.3, 0.4) is 0 Å². The fraction of sp³-hybridized carbons (Fsp3) is 0.167. The van der Waals surface area contributed by atoms with Crippen molar-refractivity contribution >= 4 is 28.2 Å². The molecule has 5 nitrogen and oxygen atoms in total. The maximum absolute atomic E-state index is 15.1. The molecule has 0 bridgehead atoms. The Kier molecular flexibility index (Phi) is 4.66. The van der Waals surface area contributed by atoms with Crippen LogP contribution in [0.5, 0.6) is 0 Å². The third kappa shape index (κ3) is 3.52. The summed E-state index contributed by atoms with van der Waals surface area (Å²) in [6.45, 7) is 0.310. The molecule has 7 heteroatoms. The second-order valence-corrected chi connectivity index (χ2v) is 7.67. The monoisotopic (exact) mass is 418 g/mol. The minimum Gasteiger partial charge on any atom is -0.383 e. The highest BCUT2D eigenvalue weighted by Gasteiger charge is 2.25. The van der Waals surface area contributed by atoms with E-state index in [4.69, 9.17) is 0 Å². The van der Waals surface area contributed by atoms with E-state index in [-0.39, 0.29) is 24.4 Å². The van der Waals surface area contributed by atoms with E-state index in [2.05, 4.69) is 10.4 Å². The molecular formula is C24H20F2N4O. The van der Waals surface area contributed by atoms with Crippen LogP contribution in [0.2, 0.25) is 0 Å². The number of rotatable bonds is 3. The Morgan fingerprint density at radius 2 is 1.81 bits per heavy atom. The quantitative estimate of drug-likeness (QED) is 0.517. The smallest absolute Gasteiger partial charge is 0.229 e. The number of para-hydroxylation sites is 2. The number of halogens is 2.